The first-order valence-electron chi connectivity index (χ1n) is 8.78. The summed E-state index contributed by atoms with van der Waals surface area (Å²) in [5.41, 5.74) is 0.964. The summed E-state index contributed by atoms with van der Waals surface area (Å²) in [6, 6.07) is 10.1. The molecule has 2 aromatic carbocycles. The highest BCUT2D eigenvalue weighted by Gasteiger charge is 2.27. The average Bonchev–Trinajstić information content (AvgIpc) is 2.70. The van der Waals surface area contributed by atoms with E-state index in [4.69, 9.17) is 16.3 Å². The molecule has 0 radical (unpaired) electrons. The second kappa shape index (κ2) is 9.00. The van der Waals surface area contributed by atoms with E-state index in [0.717, 1.165) is 5.56 Å². The lowest BCUT2D eigenvalue weighted by Crippen LogP contribution is -2.40. The van der Waals surface area contributed by atoms with Gasteiger partial charge in [0, 0.05) is 19.6 Å². The van der Waals surface area contributed by atoms with Crippen LogP contribution in [0.4, 0.5) is 4.39 Å². The third-order valence-electron chi connectivity index (χ3n) is 4.40. The molecule has 1 fully saturated rings. The standard InChI is InChI=1S/C19H20ClFN2O4S/c20-18-6-5-16(28(25,26)23-9-11-27-12-10-23)13-17(18)19(24)22-8-7-14-1-3-15(21)4-2-14/h1-6,13H,7-12H2,(H,22,24). The highest BCUT2D eigenvalue weighted by Crippen LogP contribution is 2.23. The summed E-state index contributed by atoms with van der Waals surface area (Å²) in [6.45, 7) is 1.52. The van der Waals surface area contributed by atoms with Gasteiger partial charge in [-0.25, -0.2) is 12.8 Å². The summed E-state index contributed by atoms with van der Waals surface area (Å²) in [6.07, 6.45) is 0.509. The molecule has 0 unspecified atom stereocenters. The smallest absolute Gasteiger partial charge is 0.252 e. The number of carbonyl (C=O) groups is 1. The third kappa shape index (κ3) is 4.88. The maximum Gasteiger partial charge on any atom is 0.252 e. The van der Waals surface area contributed by atoms with E-state index in [-0.39, 0.29) is 34.4 Å². The summed E-state index contributed by atoms with van der Waals surface area (Å²) in [4.78, 5) is 12.5. The number of nitrogens with zero attached hydrogens (tertiary/aromatic N) is 1. The molecule has 0 atom stereocenters. The van der Waals surface area contributed by atoms with Crippen molar-refractivity contribution in [1.82, 2.24) is 9.62 Å². The molecule has 1 saturated heterocycles. The van der Waals surface area contributed by atoms with Crippen LogP contribution in [0, 0.1) is 5.82 Å². The highest BCUT2D eigenvalue weighted by molar-refractivity contribution is 7.89. The summed E-state index contributed by atoms with van der Waals surface area (Å²) in [5.74, 6) is -0.788. The van der Waals surface area contributed by atoms with Gasteiger partial charge in [-0.3, -0.25) is 4.79 Å². The van der Waals surface area contributed by atoms with Crippen LogP contribution in [-0.2, 0) is 21.2 Å². The molecule has 1 N–H and O–H groups in total. The number of halogens is 2. The van der Waals surface area contributed by atoms with Crippen molar-refractivity contribution in [3.8, 4) is 0 Å². The fraction of sp³-hybridized carbons (Fsp3) is 0.316. The molecule has 150 valence electrons. The first kappa shape index (κ1) is 20.7. The number of carbonyl (C=O) groups excluding carboxylic acids is 1. The lowest BCUT2D eigenvalue weighted by Gasteiger charge is -2.26. The Morgan fingerprint density at radius 1 is 1.14 bits per heavy atom. The van der Waals surface area contributed by atoms with Crippen LogP contribution in [-0.4, -0.2) is 51.5 Å². The van der Waals surface area contributed by atoms with Gasteiger partial charge < -0.3 is 10.1 Å². The molecule has 2 aromatic rings. The Bertz CT molecular complexity index is 945. The van der Waals surface area contributed by atoms with Gasteiger partial charge in [-0.15, -0.1) is 0 Å². The normalized spacial score (nSPS) is 15.4. The van der Waals surface area contributed by atoms with Gasteiger partial charge in [0.2, 0.25) is 10.0 Å². The van der Waals surface area contributed by atoms with Crippen molar-refractivity contribution in [1.29, 1.82) is 0 Å². The van der Waals surface area contributed by atoms with Crippen LogP contribution in [0.2, 0.25) is 5.02 Å². The Balaban J connectivity index is 1.69. The fourth-order valence-electron chi connectivity index (χ4n) is 2.84. The fourth-order valence-corrected chi connectivity index (χ4v) is 4.48. The van der Waals surface area contributed by atoms with Gasteiger partial charge in [-0.2, -0.15) is 4.31 Å². The van der Waals surface area contributed by atoms with E-state index in [2.05, 4.69) is 5.32 Å². The quantitative estimate of drug-likeness (QED) is 0.770. The van der Waals surface area contributed by atoms with E-state index in [1.807, 2.05) is 0 Å². The van der Waals surface area contributed by atoms with Crippen molar-refractivity contribution in [2.45, 2.75) is 11.3 Å². The third-order valence-corrected chi connectivity index (χ3v) is 6.63. The molecule has 1 heterocycles. The van der Waals surface area contributed by atoms with Crippen LogP contribution in [0.5, 0.6) is 0 Å². The number of rotatable bonds is 6. The largest absolute Gasteiger partial charge is 0.379 e. The number of benzene rings is 2. The Labute approximate surface area is 168 Å². The van der Waals surface area contributed by atoms with Crippen molar-refractivity contribution in [3.63, 3.8) is 0 Å². The first-order valence-corrected chi connectivity index (χ1v) is 10.6. The zero-order valence-corrected chi connectivity index (χ0v) is 16.6. The SMILES string of the molecule is O=C(NCCc1ccc(F)cc1)c1cc(S(=O)(=O)N2CCOCC2)ccc1Cl. The lowest BCUT2D eigenvalue weighted by atomic mass is 10.1. The van der Waals surface area contributed by atoms with Crippen molar-refractivity contribution < 1.29 is 22.3 Å². The molecule has 0 aromatic heterocycles. The van der Waals surface area contributed by atoms with Gasteiger partial charge in [0.15, 0.2) is 0 Å². The molecular formula is C19H20ClFN2O4S. The van der Waals surface area contributed by atoms with Crippen molar-refractivity contribution in [2.24, 2.45) is 0 Å². The molecule has 0 bridgehead atoms. The van der Waals surface area contributed by atoms with E-state index >= 15 is 0 Å². The number of amides is 1. The molecule has 6 nitrogen and oxygen atoms in total. The van der Waals surface area contributed by atoms with Gasteiger partial charge in [-0.1, -0.05) is 23.7 Å². The number of nitrogens with one attached hydrogen (secondary N) is 1. The minimum Gasteiger partial charge on any atom is -0.379 e. The Hall–Kier alpha value is -2.00. The summed E-state index contributed by atoms with van der Waals surface area (Å²) < 4.78 is 45.0. The highest BCUT2D eigenvalue weighted by atomic mass is 35.5. The molecular weight excluding hydrogens is 407 g/mol. The summed E-state index contributed by atoms with van der Waals surface area (Å²) in [7, 11) is -3.72. The minimum atomic E-state index is -3.72. The topological polar surface area (TPSA) is 75.7 Å². The van der Waals surface area contributed by atoms with Crippen molar-refractivity contribution in [2.75, 3.05) is 32.8 Å². The maximum atomic E-state index is 12.9. The van der Waals surface area contributed by atoms with E-state index in [9.17, 15) is 17.6 Å². The zero-order chi connectivity index (χ0) is 20.1. The predicted molar refractivity (Wildman–Crippen MR) is 103 cm³/mol. The molecule has 0 saturated carbocycles. The second-order valence-electron chi connectivity index (χ2n) is 6.29. The van der Waals surface area contributed by atoms with Crippen LogP contribution >= 0.6 is 11.6 Å². The van der Waals surface area contributed by atoms with Crippen molar-refractivity contribution >= 4 is 27.5 Å². The molecule has 1 aliphatic heterocycles. The molecule has 9 heteroatoms. The lowest BCUT2D eigenvalue weighted by molar-refractivity contribution is 0.0730. The molecule has 0 spiro atoms. The average molecular weight is 427 g/mol. The van der Waals surface area contributed by atoms with Crippen LogP contribution in [0.15, 0.2) is 47.4 Å². The van der Waals surface area contributed by atoms with E-state index in [0.29, 0.717) is 26.2 Å². The first-order chi connectivity index (χ1) is 13.4. The van der Waals surface area contributed by atoms with Gasteiger partial charge in [0.1, 0.15) is 5.82 Å². The van der Waals surface area contributed by atoms with E-state index in [1.54, 1.807) is 12.1 Å². The Morgan fingerprint density at radius 3 is 2.50 bits per heavy atom. The van der Waals surface area contributed by atoms with Gasteiger partial charge >= 0.3 is 0 Å². The molecule has 0 aliphatic carbocycles. The van der Waals surface area contributed by atoms with Crippen LogP contribution in [0.25, 0.3) is 0 Å². The number of sulfonamides is 1. The van der Waals surface area contributed by atoms with Gasteiger partial charge in [0.05, 0.1) is 28.7 Å². The van der Waals surface area contributed by atoms with Crippen LogP contribution in [0.1, 0.15) is 15.9 Å². The van der Waals surface area contributed by atoms with Gasteiger partial charge in [-0.05, 0) is 42.3 Å². The molecule has 3 rings (SSSR count). The number of hydrogen-bond donors (Lipinski definition) is 1. The minimum absolute atomic E-state index is 0.0162. The summed E-state index contributed by atoms with van der Waals surface area (Å²) >= 11 is 6.11. The number of morpholine rings is 1. The monoisotopic (exact) mass is 426 g/mol. The Morgan fingerprint density at radius 2 is 1.82 bits per heavy atom. The predicted octanol–water partition coefficient (Wildman–Crippen LogP) is 2.47. The zero-order valence-electron chi connectivity index (χ0n) is 15.0. The van der Waals surface area contributed by atoms with E-state index in [1.165, 1.54) is 34.6 Å². The molecule has 1 amide bonds. The van der Waals surface area contributed by atoms with Gasteiger partial charge in [0.25, 0.3) is 5.91 Å². The van der Waals surface area contributed by atoms with Crippen molar-refractivity contribution in [3.05, 3.63) is 64.4 Å². The number of hydrogen-bond acceptors (Lipinski definition) is 4. The van der Waals surface area contributed by atoms with Crippen LogP contribution < -0.4 is 5.32 Å². The molecule has 1 aliphatic rings. The maximum absolute atomic E-state index is 12.9. The van der Waals surface area contributed by atoms with E-state index < -0.39 is 15.9 Å². The van der Waals surface area contributed by atoms with Crippen LogP contribution in [0.3, 0.4) is 0 Å². The number of ether oxygens (including phenoxy) is 1. The Kier molecular flexibility index (Phi) is 6.66. The second-order valence-corrected chi connectivity index (χ2v) is 8.64. The summed E-state index contributed by atoms with van der Waals surface area (Å²) in [5, 5.41) is 2.88. The molecule has 28 heavy (non-hydrogen) atoms.